The number of hydrogen-bond acceptors (Lipinski definition) is 4. The molecule has 4 rings (SSSR count). The summed E-state index contributed by atoms with van der Waals surface area (Å²) in [6, 6.07) is 17.8. The highest BCUT2D eigenvalue weighted by molar-refractivity contribution is 7.71. The summed E-state index contributed by atoms with van der Waals surface area (Å²) in [6.07, 6.45) is 5.00. The number of ether oxygens (including phenoxy) is 1. The summed E-state index contributed by atoms with van der Waals surface area (Å²) in [5.74, 6) is 0.726. The van der Waals surface area contributed by atoms with E-state index in [0.29, 0.717) is 16.7 Å². The number of fused-ring (bicyclic) bond motifs is 1. The molecule has 0 fully saturated rings. The lowest BCUT2D eigenvalue weighted by Crippen LogP contribution is -2.06. The molecule has 0 radical (unpaired) electrons. The van der Waals surface area contributed by atoms with Crippen molar-refractivity contribution in [3.63, 3.8) is 0 Å². The van der Waals surface area contributed by atoms with E-state index in [1.807, 2.05) is 42.6 Å². The number of unbranched alkanes of at least 4 members (excludes halogenated alkanes) is 1. The standard InChI is InChI=1S/C25H25N3O2S/c1-3-4-9-22-27-23-21(14-15-26-24(23)31)28(22)16-17-10-12-18(13-11-17)19-7-5-6-8-20(19)25(29)30-2/h5-8,10-15H,3-4,9,16H2,1-2H3,(H,26,31). The van der Waals surface area contributed by atoms with Gasteiger partial charge in [0.25, 0.3) is 0 Å². The van der Waals surface area contributed by atoms with Gasteiger partial charge in [0.05, 0.1) is 18.2 Å². The van der Waals surface area contributed by atoms with Gasteiger partial charge in [-0.1, -0.05) is 68.0 Å². The molecule has 31 heavy (non-hydrogen) atoms. The van der Waals surface area contributed by atoms with Crippen LogP contribution in [0, 0.1) is 4.64 Å². The maximum absolute atomic E-state index is 12.1. The number of pyridine rings is 1. The molecule has 6 heteroatoms. The number of nitrogens with one attached hydrogen (secondary N) is 1. The molecule has 2 aromatic heterocycles. The predicted molar refractivity (Wildman–Crippen MR) is 126 cm³/mol. The summed E-state index contributed by atoms with van der Waals surface area (Å²) >= 11 is 5.45. The van der Waals surface area contributed by atoms with Gasteiger partial charge in [-0.3, -0.25) is 0 Å². The van der Waals surface area contributed by atoms with Crippen molar-refractivity contribution in [2.24, 2.45) is 0 Å². The van der Waals surface area contributed by atoms with E-state index in [1.165, 1.54) is 7.11 Å². The van der Waals surface area contributed by atoms with Gasteiger partial charge in [0.15, 0.2) is 0 Å². The highest BCUT2D eigenvalue weighted by Gasteiger charge is 2.14. The molecule has 0 bridgehead atoms. The van der Waals surface area contributed by atoms with E-state index in [9.17, 15) is 4.79 Å². The second-order valence-corrected chi connectivity index (χ2v) is 7.90. The molecule has 0 aliphatic rings. The van der Waals surface area contributed by atoms with Crippen molar-refractivity contribution in [1.29, 1.82) is 0 Å². The summed E-state index contributed by atoms with van der Waals surface area (Å²) < 4.78 is 7.85. The average molecular weight is 432 g/mol. The molecule has 0 saturated carbocycles. The Morgan fingerprint density at radius 1 is 1.13 bits per heavy atom. The van der Waals surface area contributed by atoms with Gasteiger partial charge in [-0.15, -0.1) is 0 Å². The molecular formula is C25H25N3O2S. The topological polar surface area (TPSA) is 59.9 Å². The van der Waals surface area contributed by atoms with Crippen LogP contribution in [0.15, 0.2) is 60.8 Å². The summed E-state index contributed by atoms with van der Waals surface area (Å²) in [7, 11) is 1.40. The Kier molecular flexibility index (Phi) is 6.28. The van der Waals surface area contributed by atoms with Crippen LogP contribution in [-0.2, 0) is 17.7 Å². The molecule has 0 amide bonds. The first-order valence-corrected chi connectivity index (χ1v) is 10.9. The van der Waals surface area contributed by atoms with Crippen molar-refractivity contribution in [2.75, 3.05) is 7.11 Å². The Labute approximate surface area is 186 Å². The minimum absolute atomic E-state index is 0.332. The number of esters is 1. The summed E-state index contributed by atoms with van der Waals surface area (Å²) in [5.41, 5.74) is 5.48. The molecule has 1 N–H and O–H groups in total. The van der Waals surface area contributed by atoms with Crippen molar-refractivity contribution in [1.82, 2.24) is 14.5 Å². The monoisotopic (exact) mass is 431 g/mol. The summed E-state index contributed by atoms with van der Waals surface area (Å²) in [5, 5.41) is 0. The van der Waals surface area contributed by atoms with Gasteiger partial charge in [0, 0.05) is 19.2 Å². The fraction of sp³-hybridized carbons (Fsp3) is 0.240. The molecule has 2 heterocycles. The van der Waals surface area contributed by atoms with E-state index < -0.39 is 0 Å². The zero-order valence-corrected chi connectivity index (χ0v) is 18.5. The Morgan fingerprint density at radius 2 is 1.90 bits per heavy atom. The lowest BCUT2D eigenvalue weighted by atomic mass is 9.98. The van der Waals surface area contributed by atoms with Crippen LogP contribution in [0.5, 0.6) is 0 Å². The highest BCUT2D eigenvalue weighted by Crippen LogP contribution is 2.26. The number of nitrogens with zero attached hydrogens (tertiary/aromatic N) is 2. The fourth-order valence-corrected chi connectivity index (χ4v) is 4.03. The van der Waals surface area contributed by atoms with Crippen LogP contribution in [0.25, 0.3) is 22.2 Å². The number of aromatic nitrogens is 3. The Balaban J connectivity index is 1.68. The van der Waals surface area contributed by atoms with Crippen molar-refractivity contribution in [3.8, 4) is 11.1 Å². The van der Waals surface area contributed by atoms with E-state index >= 15 is 0 Å². The summed E-state index contributed by atoms with van der Waals surface area (Å²) in [6.45, 7) is 2.90. The van der Waals surface area contributed by atoms with Crippen LogP contribution >= 0.6 is 12.2 Å². The number of carbonyl (C=O) groups excluding carboxylic acids is 1. The van der Waals surface area contributed by atoms with E-state index in [0.717, 1.165) is 52.8 Å². The summed E-state index contributed by atoms with van der Waals surface area (Å²) in [4.78, 5) is 20.0. The van der Waals surface area contributed by atoms with Crippen LogP contribution in [0.3, 0.4) is 0 Å². The van der Waals surface area contributed by atoms with E-state index in [-0.39, 0.29) is 5.97 Å². The third-order valence-corrected chi connectivity index (χ3v) is 5.76. The number of H-pyrrole nitrogens is 1. The number of aromatic amines is 1. The second kappa shape index (κ2) is 9.27. The van der Waals surface area contributed by atoms with Crippen molar-refractivity contribution < 1.29 is 9.53 Å². The molecule has 0 aliphatic carbocycles. The Morgan fingerprint density at radius 3 is 2.65 bits per heavy atom. The van der Waals surface area contributed by atoms with E-state index in [1.54, 1.807) is 6.07 Å². The van der Waals surface area contributed by atoms with Gasteiger partial charge in [0.2, 0.25) is 0 Å². The molecule has 158 valence electrons. The van der Waals surface area contributed by atoms with E-state index in [4.69, 9.17) is 21.9 Å². The maximum atomic E-state index is 12.1. The molecule has 4 aromatic rings. The highest BCUT2D eigenvalue weighted by atomic mass is 32.1. The van der Waals surface area contributed by atoms with Gasteiger partial charge in [-0.2, -0.15) is 0 Å². The molecule has 2 aromatic carbocycles. The first kappa shape index (κ1) is 21.0. The third kappa shape index (κ3) is 4.30. The molecule has 0 spiro atoms. The molecule has 0 aliphatic heterocycles. The normalized spacial score (nSPS) is 11.0. The van der Waals surface area contributed by atoms with Crippen LogP contribution in [0.1, 0.15) is 41.5 Å². The van der Waals surface area contributed by atoms with Gasteiger partial charge in [0.1, 0.15) is 16.0 Å². The number of hydrogen-bond donors (Lipinski definition) is 1. The molecule has 0 saturated heterocycles. The largest absolute Gasteiger partial charge is 0.465 e. The Bertz CT molecular complexity index is 1270. The predicted octanol–water partition coefficient (Wildman–Crippen LogP) is 5.94. The molecule has 0 atom stereocenters. The van der Waals surface area contributed by atoms with Gasteiger partial charge in [-0.25, -0.2) is 9.78 Å². The van der Waals surface area contributed by atoms with Crippen molar-refractivity contribution in [3.05, 3.63) is 82.4 Å². The minimum Gasteiger partial charge on any atom is -0.465 e. The zero-order chi connectivity index (χ0) is 21.8. The first-order chi connectivity index (χ1) is 15.1. The van der Waals surface area contributed by atoms with Crippen molar-refractivity contribution in [2.45, 2.75) is 32.7 Å². The lowest BCUT2D eigenvalue weighted by Gasteiger charge is -2.11. The van der Waals surface area contributed by atoms with E-state index in [2.05, 4.69) is 28.6 Å². The number of benzene rings is 2. The zero-order valence-electron chi connectivity index (χ0n) is 17.7. The van der Waals surface area contributed by atoms with Gasteiger partial charge < -0.3 is 14.3 Å². The van der Waals surface area contributed by atoms with Gasteiger partial charge >= 0.3 is 5.97 Å². The first-order valence-electron chi connectivity index (χ1n) is 10.5. The van der Waals surface area contributed by atoms with Crippen LogP contribution < -0.4 is 0 Å². The maximum Gasteiger partial charge on any atom is 0.338 e. The van der Waals surface area contributed by atoms with Crippen LogP contribution in [-0.4, -0.2) is 27.6 Å². The number of rotatable bonds is 7. The quantitative estimate of drug-likeness (QED) is 0.291. The minimum atomic E-state index is -0.332. The SMILES string of the molecule is CCCCc1nc2c(=S)[nH]ccc2n1Cc1ccc(-c2ccccc2C(=O)OC)cc1. The Hall–Kier alpha value is -3.25. The van der Waals surface area contributed by atoms with Crippen molar-refractivity contribution >= 4 is 29.2 Å². The van der Waals surface area contributed by atoms with Crippen LogP contribution in [0.4, 0.5) is 0 Å². The molecular weight excluding hydrogens is 406 g/mol. The average Bonchev–Trinajstić information content (AvgIpc) is 3.16. The fourth-order valence-electron chi connectivity index (χ4n) is 3.81. The van der Waals surface area contributed by atoms with Crippen LogP contribution in [0.2, 0.25) is 0 Å². The number of carbonyl (C=O) groups is 1. The lowest BCUT2D eigenvalue weighted by molar-refractivity contribution is 0.0601. The third-order valence-electron chi connectivity index (χ3n) is 5.45. The number of aryl methyl sites for hydroxylation is 1. The molecule has 5 nitrogen and oxygen atoms in total. The number of methoxy groups -OCH3 is 1. The smallest absolute Gasteiger partial charge is 0.338 e. The van der Waals surface area contributed by atoms with Gasteiger partial charge in [-0.05, 0) is 35.2 Å². The molecule has 0 unspecified atom stereocenters. The second-order valence-electron chi connectivity index (χ2n) is 7.49. The number of imidazole rings is 1.